The number of non-ortho nitro benzene ring substituents is 1. The zero-order valence-corrected chi connectivity index (χ0v) is 25.4. The summed E-state index contributed by atoms with van der Waals surface area (Å²) in [6.07, 6.45) is 4.15. The fourth-order valence-corrected chi connectivity index (χ4v) is 6.94. The van der Waals surface area contributed by atoms with Gasteiger partial charge in [-0.2, -0.15) is 0 Å². The van der Waals surface area contributed by atoms with E-state index in [4.69, 9.17) is 17.2 Å². The fourth-order valence-electron chi connectivity index (χ4n) is 5.78. The van der Waals surface area contributed by atoms with E-state index in [0.717, 1.165) is 26.7 Å². The number of pyridine rings is 1. The largest absolute Gasteiger partial charge is 0.366 e. The Morgan fingerprint density at radius 2 is 1.69 bits per heavy atom. The molecule has 0 saturated carbocycles. The van der Waals surface area contributed by atoms with Crippen LogP contribution in [-0.2, 0) is 0 Å². The van der Waals surface area contributed by atoms with E-state index in [-0.39, 0.29) is 28.2 Å². The highest BCUT2D eigenvalue weighted by molar-refractivity contribution is 7.99. The second-order valence-corrected chi connectivity index (χ2v) is 12.7. The van der Waals surface area contributed by atoms with Gasteiger partial charge in [0.2, 0.25) is 0 Å². The van der Waals surface area contributed by atoms with Crippen molar-refractivity contribution in [2.45, 2.75) is 48.2 Å². The zero-order valence-electron chi connectivity index (χ0n) is 23.8. The number of benzene rings is 3. The van der Waals surface area contributed by atoms with E-state index in [1.54, 1.807) is 23.9 Å². The van der Waals surface area contributed by atoms with Gasteiger partial charge in [-0.25, -0.2) is 0 Å². The van der Waals surface area contributed by atoms with E-state index in [2.05, 4.69) is 91.5 Å². The van der Waals surface area contributed by atoms with Gasteiger partial charge in [-0.3, -0.25) is 15.1 Å². The number of allylic oxidation sites excluding steroid dienone is 1. The minimum absolute atomic E-state index is 0.0637. The number of nitrogens with one attached hydrogen (secondary N) is 1. The Labute approximate surface area is 255 Å². The summed E-state index contributed by atoms with van der Waals surface area (Å²) in [6, 6.07) is 27.4. The lowest BCUT2D eigenvalue weighted by Crippen LogP contribution is -2.42. The molecule has 2 aliphatic heterocycles. The zero-order chi connectivity index (χ0) is 29.6. The van der Waals surface area contributed by atoms with E-state index in [9.17, 15) is 10.1 Å². The maximum atomic E-state index is 11.0. The highest BCUT2D eigenvalue weighted by Crippen LogP contribution is 2.45. The Morgan fingerprint density at radius 3 is 2.33 bits per heavy atom. The molecule has 0 radical (unpaired) electrons. The summed E-state index contributed by atoms with van der Waals surface area (Å²) in [5.74, 6) is 0. The van der Waals surface area contributed by atoms with Crippen molar-refractivity contribution < 1.29 is 4.92 Å². The number of anilines is 2. The molecule has 0 bridgehead atoms. The molecule has 3 heterocycles. The first kappa shape index (κ1) is 27.9. The van der Waals surface area contributed by atoms with Crippen LogP contribution in [0.1, 0.15) is 49.7 Å². The van der Waals surface area contributed by atoms with Crippen molar-refractivity contribution in [3.05, 3.63) is 124 Å². The van der Waals surface area contributed by atoms with Crippen LogP contribution < -0.4 is 15.1 Å². The average molecular weight is 594 g/mol. The second kappa shape index (κ2) is 10.9. The number of hydrogen-bond acceptors (Lipinski definition) is 6. The van der Waals surface area contributed by atoms with Gasteiger partial charge in [-0.1, -0.05) is 30.0 Å². The number of likely N-dealkylation sites (N-methyl/N-ethyl adjacent to an activating group) is 1. The van der Waals surface area contributed by atoms with E-state index in [1.165, 1.54) is 29.0 Å². The molecule has 4 aromatic rings. The molecular formula is C33H31N5O2S2. The molecule has 0 amide bonds. The quantitative estimate of drug-likeness (QED) is 0.137. The molecule has 3 aromatic carbocycles. The van der Waals surface area contributed by atoms with Gasteiger partial charge in [0.05, 0.1) is 28.2 Å². The highest BCUT2D eigenvalue weighted by atomic mass is 32.2. The first-order valence-corrected chi connectivity index (χ1v) is 15.0. The van der Waals surface area contributed by atoms with E-state index in [0.29, 0.717) is 5.11 Å². The van der Waals surface area contributed by atoms with Crippen LogP contribution in [0.25, 0.3) is 5.57 Å². The molecule has 1 N–H and O–H groups in total. The van der Waals surface area contributed by atoms with E-state index >= 15 is 0 Å². The summed E-state index contributed by atoms with van der Waals surface area (Å²) in [4.78, 5) is 21.8. The molecule has 7 nitrogen and oxygen atoms in total. The van der Waals surface area contributed by atoms with E-state index < -0.39 is 0 Å². The van der Waals surface area contributed by atoms with Crippen molar-refractivity contribution in [1.29, 1.82) is 0 Å². The third-order valence-electron chi connectivity index (χ3n) is 8.08. The van der Waals surface area contributed by atoms with Crippen molar-refractivity contribution in [1.82, 2.24) is 10.3 Å². The van der Waals surface area contributed by atoms with Crippen molar-refractivity contribution in [3.8, 4) is 0 Å². The monoisotopic (exact) mass is 593 g/mol. The van der Waals surface area contributed by atoms with E-state index in [1.807, 2.05) is 24.4 Å². The number of rotatable bonds is 6. The van der Waals surface area contributed by atoms with Gasteiger partial charge in [0.15, 0.2) is 5.11 Å². The Bertz CT molecular complexity index is 1690. The van der Waals surface area contributed by atoms with Gasteiger partial charge < -0.3 is 15.1 Å². The summed E-state index contributed by atoms with van der Waals surface area (Å²) < 4.78 is 0. The van der Waals surface area contributed by atoms with Gasteiger partial charge in [0, 0.05) is 52.1 Å². The summed E-state index contributed by atoms with van der Waals surface area (Å²) in [5.41, 5.74) is 6.78. The maximum Gasteiger partial charge on any atom is 0.269 e. The molecular weight excluding hydrogens is 563 g/mol. The lowest BCUT2D eigenvalue weighted by atomic mass is 9.86. The first-order valence-electron chi connectivity index (χ1n) is 13.7. The lowest BCUT2D eigenvalue weighted by molar-refractivity contribution is -0.384. The molecule has 6 rings (SSSR count). The molecule has 2 atom stereocenters. The van der Waals surface area contributed by atoms with Crippen LogP contribution in [0, 0.1) is 10.1 Å². The number of nitrogens with zero attached hydrogens (tertiary/aromatic N) is 4. The number of thiocarbonyl (C=S) groups is 1. The molecule has 0 aliphatic carbocycles. The predicted molar refractivity (Wildman–Crippen MR) is 174 cm³/mol. The predicted octanol–water partition coefficient (Wildman–Crippen LogP) is 7.95. The molecule has 9 heteroatoms. The third kappa shape index (κ3) is 5.14. The standard InChI is InChI=1S/C33H31N5O2S2/c1-21-20-33(2,3)36(4)29-17-8-22(19-27(21)29)31-30(28-7-5-6-18-34-28)35-32(41)37(31)23-9-13-25(14-10-23)42-26-15-11-24(12-16-26)38(39)40/h5-20,30-31H,1-4H3,(H,35,41)/t30-,31+/m1/s1. The summed E-state index contributed by atoms with van der Waals surface area (Å²) in [7, 11) is 2.15. The summed E-state index contributed by atoms with van der Waals surface area (Å²) in [6.45, 7) is 6.65. The molecule has 0 unspecified atom stereocenters. The molecule has 1 saturated heterocycles. The minimum atomic E-state index is -0.385. The normalized spacial score (nSPS) is 19.2. The molecule has 0 spiro atoms. The van der Waals surface area contributed by atoms with Gasteiger partial charge in [-0.05, 0) is 105 Å². The Hall–Kier alpha value is -4.21. The minimum Gasteiger partial charge on any atom is -0.366 e. The van der Waals surface area contributed by atoms with Gasteiger partial charge in [-0.15, -0.1) is 0 Å². The second-order valence-electron chi connectivity index (χ2n) is 11.2. The molecule has 212 valence electrons. The number of fused-ring (bicyclic) bond motifs is 1. The van der Waals surface area contributed by atoms with Gasteiger partial charge >= 0.3 is 0 Å². The Morgan fingerprint density at radius 1 is 1.00 bits per heavy atom. The summed E-state index contributed by atoms with van der Waals surface area (Å²) >= 11 is 7.51. The SMILES string of the molecule is CC1=CC(C)(C)N(C)c2ccc([C@H]3[C@@H](c4ccccn4)NC(=S)N3c3ccc(Sc4ccc([N+](=O)[O-])cc4)cc3)cc21. The maximum absolute atomic E-state index is 11.0. The molecule has 1 fully saturated rings. The number of hydrogen-bond donors (Lipinski definition) is 1. The first-order chi connectivity index (χ1) is 20.1. The summed E-state index contributed by atoms with van der Waals surface area (Å²) in [5, 5.41) is 15.2. The highest BCUT2D eigenvalue weighted by Gasteiger charge is 2.41. The van der Waals surface area contributed by atoms with Crippen LogP contribution >= 0.6 is 24.0 Å². The molecule has 2 aliphatic rings. The Balaban J connectivity index is 1.36. The number of nitro groups is 1. The van der Waals surface area contributed by atoms with Gasteiger partial charge in [0.1, 0.15) is 0 Å². The van der Waals surface area contributed by atoms with Crippen molar-refractivity contribution >= 4 is 51.7 Å². The van der Waals surface area contributed by atoms with Crippen LogP contribution in [0.5, 0.6) is 0 Å². The van der Waals surface area contributed by atoms with Crippen LogP contribution in [0.2, 0.25) is 0 Å². The van der Waals surface area contributed by atoms with Crippen LogP contribution in [-0.4, -0.2) is 27.6 Å². The lowest BCUT2D eigenvalue weighted by Gasteiger charge is -2.41. The molecule has 1 aromatic heterocycles. The average Bonchev–Trinajstić information content (AvgIpc) is 3.33. The molecule has 42 heavy (non-hydrogen) atoms. The van der Waals surface area contributed by atoms with Crippen LogP contribution in [0.15, 0.2) is 107 Å². The van der Waals surface area contributed by atoms with Crippen LogP contribution in [0.4, 0.5) is 17.1 Å². The fraction of sp³-hybridized carbons (Fsp3) is 0.212. The van der Waals surface area contributed by atoms with Crippen molar-refractivity contribution in [3.63, 3.8) is 0 Å². The number of aromatic nitrogens is 1. The van der Waals surface area contributed by atoms with Crippen molar-refractivity contribution in [2.24, 2.45) is 0 Å². The topological polar surface area (TPSA) is 74.5 Å². The van der Waals surface area contributed by atoms with Crippen LogP contribution in [0.3, 0.4) is 0 Å². The number of nitro benzene ring substituents is 1. The third-order valence-corrected chi connectivity index (χ3v) is 9.41. The Kier molecular flexibility index (Phi) is 7.24. The van der Waals surface area contributed by atoms with Gasteiger partial charge in [0.25, 0.3) is 5.69 Å². The van der Waals surface area contributed by atoms with Crippen molar-refractivity contribution in [2.75, 3.05) is 16.8 Å². The smallest absolute Gasteiger partial charge is 0.269 e.